The summed E-state index contributed by atoms with van der Waals surface area (Å²) < 4.78 is 33.4. The molecular weight excluding hydrogens is 328 g/mol. The molecule has 0 bridgehead atoms. The van der Waals surface area contributed by atoms with Crippen molar-refractivity contribution in [3.8, 4) is 17.2 Å². The number of aromatic nitrogens is 1. The molecule has 0 saturated heterocycles. The van der Waals surface area contributed by atoms with E-state index in [2.05, 4.69) is 9.71 Å². The lowest BCUT2D eigenvalue weighted by Gasteiger charge is -2.12. The largest absolute Gasteiger partial charge is 0.497 e. The lowest BCUT2D eigenvalue weighted by atomic mass is 10.2. The van der Waals surface area contributed by atoms with E-state index in [0.717, 1.165) is 22.2 Å². The number of nitrogens with one attached hydrogen (secondary N) is 1. The average Bonchev–Trinajstić information content (AvgIpc) is 2.57. The second kappa shape index (κ2) is 6.86. The molecule has 124 valence electrons. The molecule has 0 saturated carbocycles. The highest BCUT2D eigenvalue weighted by Crippen LogP contribution is 2.32. The number of anilines is 1. The zero-order chi connectivity index (χ0) is 17.1. The van der Waals surface area contributed by atoms with Gasteiger partial charge in [-0.25, -0.2) is 4.21 Å². The quantitative estimate of drug-likeness (QED) is 0.686. The van der Waals surface area contributed by atoms with Crippen LogP contribution >= 0.6 is 0 Å². The zero-order valence-corrected chi connectivity index (χ0v) is 14.0. The number of nitrogens with zero attached hydrogens (tertiary/aromatic N) is 1. The van der Waals surface area contributed by atoms with Gasteiger partial charge in [-0.3, -0.25) is 14.3 Å². The fourth-order valence-corrected chi connectivity index (χ4v) is 2.77. The van der Waals surface area contributed by atoms with E-state index in [1.807, 2.05) is 25.1 Å². The number of rotatable bonds is 5. The molecule has 2 aromatic carbocycles. The number of benzene rings is 2. The Morgan fingerprint density at radius 1 is 1.12 bits per heavy atom. The Balaban J connectivity index is 1.92. The summed E-state index contributed by atoms with van der Waals surface area (Å²) in [4.78, 5) is 4.32. The summed E-state index contributed by atoms with van der Waals surface area (Å²) in [5.41, 5.74) is 2.15. The first-order valence-electron chi connectivity index (χ1n) is 7.15. The highest BCUT2D eigenvalue weighted by molar-refractivity contribution is 7.80. The van der Waals surface area contributed by atoms with E-state index in [-0.39, 0.29) is 0 Å². The van der Waals surface area contributed by atoms with E-state index in [9.17, 15) is 4.21 Å². The van der Waals surface area contributed by atoms with Crippen molar-refractivity contribution >= 4 is 27.9 Å². The van der Waals surface area contributed by atoms with Gasteiger partial charge in [0.2, 0.25) is 0 Å². The Hall–Kier alpha value is -2.64. The van der Waals surface area contributed by atoms with Gasteiger partial charge in [0.25, 0.3) is 11.3 Å². The Morgan fingerprint density at radius 2 is 1.92 bits per heavy atom. The first-order chi connectivity index (χ1) is 11.6. The van der Waals surface area contributed by atoms with Crippen LogP contribution in [-0.4, -0.2) is 20.9 Å². The zero-order valence-electron chi connectivity index (χ0n) is 13.1. The third kappa shape index (κ3) is 3.47. The molecule has 0 amide bonds. The van der Waals surface area contributed by atoms with E-state index in [0.29, 0.717) is 17.2 Å². The van der Waals surface area contributed by atoms with Crippen molar-refractivity contribution in [1.82, 2.24) is 4.98 Å². The number of fused-ring (bicyclic) bond motifs is 1. The summed E-state index contributed by atoms with van der Waals surface area (Å²) in [7, 11) is 1.61. The van der Waals surface area contributed by atoms with Crippen molar-refractivity contribution in [2.45, 2.75) is 6.92 Å². The van der Waals surface area contributed by atoms with Gasteiger partial charge in [0.15, 0.2) is 0 Å². The molecule has 7 heteroatoms. The van der Waals surface area contributed by atoms with Crippen LogP contribution in [0.25, 0.3) is 10.9 Å². The van der Waals surface area contributed by atoms with Crippen LogP contribution in [0, 0.1) is 6.92 Å². The van der Waals surface area contributed by atoms with Crippen molar-refractivity contribution in [1.29, 1.82) is 0 Å². The predicted molar refractivity (Wildman–Crippen MR) is 93.9 cm³/mol. The molecule has 3 aromatic rings. The number of hydrogen-bond acceptors (Lipinski definition) is 4. The lowest BCUT2D eigenvalue weighted by Crippen LogP contribution is -2.03. The molecule has 0 aliphatic rings. The van der Waals surface area contributed by atoms with Gasteiger partial charge in [-0.2, -0.15) is 0 Å². The van der Waals surface area contributed by atoms with E-state index < -0.39 is 11.3 Å². The summed E-state index contributed by atoms with van der Waals surface area (Å²) in [6, 6.07) is 12.6. The molecule has 6 nitrogen and oxygen atoms in total. The maximum atomic E-state index is 10.8. The predicted octanol–water partition coefficient (Wildman–Crippen LogP) is 3.89. The lowest BCUT2D eigenvalue weighted by molar-refractivity contribution is 0.415. The smallest absolute Gasteiger partial charge is 0.259 e. The molecule has 1 unspecified atom stereocenters. The van der Waals surface area contributed by atoms with Gasteiger partial charge in [0, 0.05) is 17.6 Å². The Bertz CT molecular complexity index is 914. The molecule has 0 aliphatic heterocycles. The maximum absolute atomic E-state index is 10.8. The minimum Gasteiger partial charge on any atom is -0.497 e. The van der Waals surface area contributed by atoms with Crippen LogP contribution in [0.3, 0.4) is 0 Å². The van der Waals surface area contributed by atoms with Crippen LogP contribution in [0.5, 0.6) is 17.2 Å². The highest BCUT2D eigenvalue weighted by atomic mass is 32.2. The third-order valence-electron chi connectivity index (χ3n) is 3.53. The number of pyridine rings is 1. The van der Waals surface area contributed by atoms with Gasteiger partial charge >= 0.3 is 0 Å². The molecule has 1 aromatic heterocycles. The molecule has 2 N–H and O–H groups in total. The Kier molecular flexibility index (Phi) is 4.64. The maximum Gasteiger partial charge on any atom is 0.259 e. The highest BCUT2D eigenvalue weighted by Gasteiger charge is 2.08. The van der Waals surface area contributed by atoms with Crippen LogP contribution in [0.1, 0.15) is 5.56 Å². The van der Waals surface area contributed by atoms with Crippen LogP contribution in [0.4, 0.5) is 5.69 Å². The van der Waals surface area contributed by atoms with Crippen molar-refractivity contribution in [2.75, 3.05) is 11.8 Å². The second-order valence-corrected chi connectivity index (χ2v) is 5.82. The van der Waals surface area contributed by atoms with Gasteiger partial charge in [0.05, 0.1) is 18.3 Å². The number of hydrogen-bond donors (Lipinski definition) is 2. The van der Waals surface area contributed by atoms with E-state index in [1.165, 1.54) is 0 Å². The minimum absolute atomic E-state index is 0.576. The first kappa shape index (κ1) is 16.2. The van der Waals surface area contributed by atoms with Crippen LogP contribution < -0.4 is 14.2 Å². The van der Waals surface area contributed by atoms with Gasteiger partial charge in [0.1, 0.15) is 17.2 Å². The van der Waals surface area contributed by atoms with Crippen molar-refractivity contribution in [3.05, 3.63) is 54.2 Å². The van der Waals surface area contributed by atoms with Crippen molar-refractivity contribution < 1.29 is 18.2 Å². The van der Waals surface area contributed by atoms with Crippen LogP contribution in [0.2, 0.25) is 0 Å². The monoisotopic (exact) mass is 344 g/mol. The third-order valence-corrected chi connectivity index (χ3v) is 3.93. The Labute approximate surface area is 141 Å². The summed E-state index contributed by atoms with van der Waals surface area (Å²) in [5.74, 6) is 2.04. The molecular formula is C17H16N2O4S. The molecule has 0 radical (unpaired) electrons. The summed E-state index contributed by atoms with van der Waals surface area (Å²) in [6.45, 7) is 1.83. The summed E-state index contributed by atoms with van der Waals surface area (Å²) >= 11 is -2.10. The van der Waals surface area contributed by atoms with Gasteiger partial charge in [-0.1, -0.05) is 0 Å². The van der Waals surface area contributed by atoms with E-state index in [1.54, 1.807) is 37.6 Å². The van der Waals surface area contributed by atoms with Crippen LogP contribution in [0.15, 0.2) is 48.7 Å². The van der Waals surface area contributed by atoms with E-state index in [4.69, 9.17) is 14.0 Å². The van der Waals surface area contributed by atoms with Gasteiger partial charge < -0.3 is 9.47 Å². The SMILES string of the molecule is COc1ccc2c(Oc3ccc(NS(=O)O)c(C)c3)ccnc2c1. The molecule has 0 fully saturated rings. The second-order valence-electron chi connectivity index (χ2n) is 5.12. The standard InChI is InChI=1S/C17H16N2O4S/c1-11-9-13(4-6-15(11)19-24(20)21)23-17-7-8-18-16-10-12(22-2)3-5-14(16)17/h3-10,19H,1-2H3,(H,20,21). The van der Waals surface area contributed by atoms with Gasteiger partial charge in [-0.15, -0.1) is 0 Å². The minimum atomic E-state index is -2.10. The van der Waals surface area contributed by atoms with Crippen molar-refractivity contribution in [3.63, 3.8) is 0 Å². The van der Waals surface area contributed by atoms with Crippen LogP contribution in [-0.2, 0) is 11.3 Å². The van der Waals surface area contributed by atoms with E-state index >= 15 is 0 Å². The molecule has 3 rings (SSSR count). The summed E-state index contributed by atoms with van der Waals surface area (Å²) in [6.07, 6.45) is 1.68. The normalized spacial score (nSPS) is 12.0. The average molecular weight is 344 g/mol. The number of methoxy groups -OCH3 is 1. The topological polar surface area (TPSA) is 80.7 Å². The Morgan fingerprint density at radius 3 is 2.62 bits per heavy atom. The molecule has 0 aliphatic carbocycles. The van der Waals surface area contributed by atoms with Gasteiger partial charge in [-0.05, 0) is 48.9 Å². The fraction of sp³-hybridized carbons (Fsp3) is 0.118. The fourth-order valence-electron chi connectivity index (χ4n) is 2.35. The molecule has 1 heterocycles. The number of ether oxygens (including phenoxy) is 2. The van der Waals surface area contributed by atoms with Crippen molar-refractivity contribution in [2.24, 2.45) is 0 Å². The molecule has 24 heavy (non-hydrogen) atoms. The molecule has 1 atom stereocenters. The molecule has 0 spiro atoms. The first-order valence-corrected chi connectivity index (χ1v) is 8.26. The number of aryl methyl sites for hydroxylation is 1. The summed E-state index contributed by atoms with van der Waals surface area (Å²) in [5, 5.41) is 0.870.